The van der Waals surface area contributed by atoms with Crippen LogP contribution in [0.5, 0.6) is 0 Å². The van der Waals surface area contributed by atoms with Gasteiger partial charge >= 0.3 is 6.18 Å². The van der Waals surface area contributed by atoms with E-state index < -0.39 is 39.9 Å². The van der Waals surface area contributed by atoms with E-state index >= 15 is 0 Å². The second-order valence-electron chi connectivity index (χ2n) is 6.54. The largest absolute Gasteiger partial charge is 0.418 e. The fourth-order valence-corrected chi connectivity index (χ4v) is 4.60. The third-order valence-electron chi connectivity index (χ3n) is 4.14. The molecule has 1 heterocycles. The van der Waals surface area contributed by atoms with Gasteiger partial charge in [-0.2, -0.15) is 13.2 Å². The molecule has 2 rings (SSSR count). The van der Waals surface area contributed by atoms with E-state index in [0.29, 0.717) is 5.56 Å². The molecule has 0 fully saturated rings. The van der Waals surface area contributed by atoms with Crippen LogP contribution in [0.25, 0.3) is 6.08 Å². The van der Waals surface area contributed by atoms with Crippen molar-refractivity contribution >= 4 is 15.9 Å². The van der Waals surface area contributed by atoms with Crippen LogP contribution in [0.15, 0.2) is 28.5 Å². The summed E-state index contributed by atoms with van der Waals surface area (Å²) in [4.78, 5) is -0.0137. The predicted molar refractivity (Wildman–Crippen MR) is 84.8 cm³/mol. The van der Waals surface area contributed by atoms with Crippen molar-refractivity contribution in [1.29, 1.82) is 0 Å². The molecule has 1 unspecified atom stereocenters. The first-order valence-corrected chi connectivity index (χ1v) is 8.68. The Labute approximate surface area is 139 Å². The van der Waals surface area contributed by atoms with E-state index in [4.69, 9.17) is 6.42 Å². The molecule has 24 heavy (non-hydrogen) atoms. The summed E-state index contributed by atoms with van der Waals surface area (Å²) >= 11 is 0. The van der Waals surface area contributed by atoms with Crippen molar-refractivity contribution in [1.82, 2.24) is 0 Å². The molecule has 0 bridgehead atoms. The van der Waals surface area contributed by atoms with Gasteiger partial charge in [0.25, 0.3) is 0 Å². The van der Waals surface area contributed by atoms with E-state index in [0.717, 1.165) is 5.41 Å². The Morgan fingerprint density at radius 2 is 1.88 bits per heavy atom. The van der Waals surface area contributed by atoms with Gasteiger partial charge in [0.15, 0.2) is 5.60 Å². The van der Waals surface area contributed by atoms with Crippen LogP contribution in [0.1, 0.15) is 37.8 Å². The Morgan fingerprint density at radius 1 is 1.25 bits per heavy atom. The molecule has 0 spiro atoms. The molecule has 1 aromatic rings. The Bertz CT molecular complexity index is 830. The van der Waals surface area contributed by atoms with Crippen LogP contribution in [-0.4, -0.2) is 25.3 Å². The maximum atomic E-state index is 13.3. The molecular formula is C17H17F3O3S. The number of terminal acetylenes is 1. The maximum Gasteiger partial charge on any atom is 0.418 e. The smallest absolute Gasteiger partial charge is 0.380 e. The van der Waals surface area contributed by atoms with Crippen molar-refractivity contribution in [2.45, 2.75) is 48.8 Å². The summed E-state index contributed by atoms with van der Waals surface area (Å²) in [6.07, 6.45) is -0.187. The van der Waals surface area contributed by atoms with Gasteiger partial charge in [0.05, 0.1) is 4.90 Å². The second-order valence-corrected chi connectivity index (χ2v) is 8.31. The molecule has 0 amide bonds. The lowest BCUT2D eigenvalue weighted by Gasteiger charge is -2.37. The lowest BCUT2D eigenvalue weighted by atomic mass is 9.73. The van der Waals surface area contributed by atoms with Crippen molar-refractivity contribution < 1.29 is 26.7 Å². The maximum absolute atomic E-state index is 13.3. The van der Waals surface area contributed by atoms with Crippen LogP contribution in [0.2, 0.25) is 0 Å². The van der Waals surface area contributed by atoms with Gasteiger partial charge in [0.2, 0.25) is 9.84 Å². The molecule has 1 aromatic carbocycles. The first-order valence-electron chi connectivity index (χ1n) is 7.13. The van der Waals surface area contributed by atoms with Crippen LogP contribution in [0.4, 0.5) is 13.2 Å². The van der Waals surface area contributed by atoms with Crippen LogP contribution in [0, 0.1) is 12.3 Å². The number of halogens is 3. The molecule has 1 atom stereocenters. The minimum absolute atomic E-state index is 0.0137. The molecule has 0 saturated heterocycles. The second kappa shape index (κ2) is 5.64. The molecular weight excluding hydrogens is 341 g/mol. The Morgan fingerprint density at radius 3 is 2.42 bits per heavy atom. The number of rotatable bonds is 4. The van der Waals surface area contributed by atoms with Crippen molar-refractivity contribution in [2.75, 3.05) is 0 Å². The van der Waals surface area contributed by atoms with Crippen molar-refractivity contribution in [3.63, 3.8) is 0 Å². The lowest BCUT2D eigenvalue weighted by Crippen LogP contribution is -2.49. The fourth-order valence-electron chi connectivity index (χ4n) is 3.03. The van der Waals surface area contributed by atoms with E-state index in [-0.39, 0.29) is 10.5 Å². The standard InChI is InChI=1S/C17H17F3O3S/c1-4-9-16(21,17(18,19)20)11-15(2,3)13-7-5-6-12-8-10-24(22,23)14(12)13/h1,5-8,10,21H,9,11H2,2-3H3. The summed E-state index contributed by atoms with van der Waals surface area (Å²) in [5.41, 5.74) is -3.72. The minimum atomic E-state index is -4.92. The number of alkyl halides is 3. The summed E-state index contributed by atoms with van der Waals surface area (Å²) in [6.45, 7) is 2.92. The molecule has 0 aromatic heterocycles. The van der Waals surface area contributed by atoms with Crippen LogP contribution in [0.3, 0.4) is 0 Å². The van der Waals surface area contributed by atoms with Gasteiger partial charge in [-0.1, -0.05) is 32.0 Å². The quantitative estimate of drug-likeness (QED) is 0.839. The van der Waals surface area contributed by atoms with Gasteiger partial charge < -0.3 is 5.11 Å². The van der Waals surface area contributed by atoms with Gasteiger partial charge in [-0.05, 0) is 29.0 Å². The van der Waals surface area contributed by atoms with Gasteiger partial charge in [0, 0.05) is 11.8 Å². The highest BCUT2D eigenvalue weighted by Gasteiger charge is 2.55. The van der Waals surface area contributed by atoms with Gasteiger partial charge in [-0.15, -0.1) is 12.3 Å². The molecule has 0 saturated carbocycles. The average Bonchev–Trinajstić information content (AvgIpc) is 2.73. The molecule has 7 heteroatoms. The number of fused-ring (bicyclic) bond motifs is 1. The summed E-state index contributed by atoms with van der Waals surface area (Å²) in [5, 5.41) is 11.1. The molecule has 0 aliphatic carbocycles. The zero-order valence-electron chi connectivity index (χ0n) is 13.2. The monoisotopic (exact) mass is 358 g/mol. The fraction of sp³-hybridized carbons (Fsp3) is 0.412. The normalized spacial score (nSPS) is 18.7. The van der Waals surface area contributed by atoms with E-state index in [1.54, 1.807) is 12.1 Å². The number of hydrogen-bond donors (Lipinski definition) is 1. The van der Waals surface area contributed by atoms with Crippen LogP contribution < -0.4 is 0 Å². The zero-order valence-corrected chi connectivity index (χ0v) is 14.0. The van der Waals surface area contributed by atoms with E-state index in [1.807, 2.05) is 5.92 Å². The molecule has 1 aliphatic heterocycles. The first kappa shape index (κ1) is 18.6. The summed E-state index contributed by atoms with van der Waals surface area (Å²) in [6, 6.07) is 4.62. The van der Waals surface area contributed by atoms with Gasteiger partial charge in [0.1, 0.15) is 0 Å². The number of benzene rings is 1. The average molecular weight is 358 g/mol. The van der Waals surface area contributed by atoms with Crippen molar-refractivity contribution in [3.05, 3.63) is 34.7 Å². The van der Waals surface area contributed by atoms with Crippen molar-refractivity contribution in [2.24, 2.45) is 0 Å². The van der Waals surface area contributed by atoms with Crippen LogP contribution in [-0.2, 0) is 15.3 Å². The SMILES string of the molecule is C#CCC(O)(CC(C)(C)c1cccc2c1S(=O)(=O)C=C2)C(F)(F)F. The predicted octanol–water partition coefficient (Wildman–Crippen LogP) is 3.43. The molecule has 130 valence electrons. The first-order chi connectivity index (χ1) is 10.8. The molecule has 1 aliphatic rings. The van der Waals surface area contributed by atoms with Gasteiger partial charge in [-0.3, -0.25) is 0 Å². The third-order valence-corrected chi connectivity index (χ3v) is 5.66. The molecule has 0 radical (unpaired) electrons. The van der Waals surface area contributed by atoms with Gasteiger partial charge in [-0.25, -0.2) is 8.42 Å². The molecule has 1 N–H and O–H groups in total. The Kier molecular flexibility index (Phi) is 4.36. The highest BCUT2D eigenvalue weighted by atomic mass is 32.2. The highest BCUT2D eigenvalue weighted by molar-refractivity contribution is 7.94. The zero-order chi connectivity index (χ0) is 18.4. The topological polar surface area (TPSA) is 54.4 Å². The summed E-state index contributed by atoms with van der Waals surface area (Å²) in [5.74, 6) is 1.86. The number of hydrogen-bond acceptors (Lipinski definition) is 3. The van der Waals surface area contributed by atoms with E-state index in [2.05, 4.69) is 0 Å². The lowest BCUT2D eigenvalue weighted by molar-refractivity contribution is -0.264. The minimum Gasteiger partial charge on any atom is -0.380 e. The van der Waals surface area contributed by atoms with Crippen LogP contribution >= 0.6 is 0 Å². The Balaban J connectivity index is 2.55. The number of sulfone groups is 1. The highest BCUT2D eigenvalue weighted by Crippen LogP contribution is 2.45. The van der Waals surface area contributed by atoms with E-state index in [9.17, 15) is 26.7 Å². The number of aliphatic hydroxyl groups is 1. The summed E-state index contributed by atoms with van der Waals surface area (Å²) in [7, 11) is -3.71. The molecule has 3 nitrogen and oxygen atoms in total. The summed E-state index contributed by atoms with van der Waals surface area (Å²) < 4.78 is 64.3. The van der Waals surface area contributed by atoms with Crippen molar-refractivity contribution in [3.8, 4) is 12.3 Å². The third kappa shape index (κ3) is 3.08. The van der Waals surface area contributed by atoms with E-state index in [1.165, 1.54) is 26.0 Å². The Hall–Kier alpha value is -1.78.